The zero-order valence-electron chi connectivity index (χ0n) is 14.4. The summed E-state index contributed by atoms with van der Waals surface area (Å²) in [7, 11) is 2.20. The Balaban J connectivity index is 1.61. The maximum absolute atomic E-state index is 9.78. The minimum atomic E-state index is 0.258. The van der Waals surface area contributed by atoms with Crippen LogP contribution >= 0.6 is 0 Å². The van der Waals surface area contributed by atoms with Crippen LogP contribution in [0.15, 0.2) is 12.1 Å². The van der Waals surface area contributed by atoms with Gasteiger partial charge in [-0.2, -0.15) is 5.10 Å². The van der Waals surface area contributed by atoms with Crippen molar-refractivity contribution in [2.75, 3.05) is 64.4 Å². The largest absolute Gasteiger partial charge is 0.396 e. The molecule has 2 unspecified atom stereocenters. The molecule has 1 aromatic heterocycles. The molecule has 0 spiro atoms. The molecule has 0 aliphatic carbocycles. The van der Waals surface area contributed by atoms with Crippen LogP contribution in [0.25, 0.3) is 0 Å². The molecule has 2 saturated heterocycles. The van der Waals surface area contributed by atoms with Gasteiger partial charge in [-0.05, 0) is 51.5 Å². The quantitative estimate of drug-likeness (QED) is 0.870. The Morgan fingerprint density at radius 2 is 1.91 bits per heavy atom. The number of aromatic nitrogens is 2. The first-order valence-electron chi connectivity index (χ1n) is 8.72. The van der Waals surface area contributed by atoms with E-state index in [1.165, 1.54) is 19.5 Å². The molecule has 3 heterocycles. The summed E-state index contributed by atoms with van der Waals surface area (Å²) in [6.07, 6.45) is 1.24. The maximum atomic E-state index is 9.78. The summed E-state index contributed by atoms with van der Waals surface area (Å²) in [6, 6.07) is 4.05. The van der Waals surface area contributed by atoms with Crippen molar-refractivity contribution < 1.29 is 5.11 Å². The van der Waals surface area contributed by atoms with Crippen molar-refractivity contribution in [2.24, 2.45) is 11.8 Å². The first kappa shape index (κ1) is 16.6. The van der Waals surface area contributed by atoms with Crippen molar-refractivity contribution in [1.82, 2.24) is 20.0 Å². The van der Waals surface area contributed by atoms with Crippen molar-refractivity contribution in [3.05, 3.63) is 17.8 Å². The van der Waals surface area contributed by atoms with Crippen molar-refractivity contribution in [1.29, 1.82) is 0 Å². The Kier molecular flexibility index (Phi) is 5.46. The highest BCUT2D eigenvalue weighted by Gasteiger charge is 2.34. The molecule has 2 aliphatic rings. The second-order valence-electron chi connectivity index (χ2n) is 7.10. The number of anilines is 1. The number of hydrogen-bond donors (Lipinski definition) is 1. The third-order valence-corrected chi connectivity index (χ3v) is 5.22. The summed E-state index contributed by atoms with van der Waals surface area (Å²) in [4.78, 5) is 7.26. The summed E-state index contributed by atoms with van der Waals surface area (Å²) in [5, 5.41) is 18.3. The monoisotopic (exact) mass is 319 g/mol. The number of aliphatic hydroxyl groups is 1. The molecule has 0 bridgehead atoms. The van der Waals surface area contributed by atoms with Crippen molar-refractivity contribution in [3.8, 4) is 0 Å². The van der Waals surface area contributed by atoms with E-state index in [0.29, 0.717) is 11.8 Å². The van der Waals surface area contributed by atoms with E-state index in [2.05, 4.69) is 31.9 Å². The van der Waals surface area contributed by atoms with Gasteiger partial charge in [0.05, 0.1) is 5.69 Å². The molecule has 128 valence electrons. The van der Waals surface area contributed by atoms with Gasteiger partial charge in [0.1, 0.15) is 0 Å². The second kappa shape index (κ2) is 7.55. The Bertz CT molecular complexity index is 494. The molecule has 23 heavy (non-hydrogen) atoms. The lowest BCUT2D eigenvalue weighted by atomic mass is 9.96. The average molecular weight is 319 g/mol. The predicted octanol–water partition coefficient (Wildman–Crippen LogP) is 0.467. The molecular formula is C17H29N5O. The van der Waals surface area contributed by atoms with Gasteiger partial charge < -0.3 is 19.8 Å². The molecule has 2 aliphatic heterocycles. The van der Waals surface area contributed by atoms with E-state index in [9.17, 15) is 5.11 Å². The molecule has 1 N–H and O–H groups in total. The Morgan fingerprint density at radius 1 is 1.09 bits per heavy atom. The lowest BCUT2D eigenvalue weighted by Crippen LogP contribution is -2.36. The van der Waals surface area contributed by atoms with Gasteiger partial charge in [-0.1, -0.05) is 0 Å². The minimum Gasteiger partial charge on any atom is -0.396 e. The van der Waals surface area contributed by atoms with Crippen molar-refractivity contribution in [3.63, 3.8) is 0 Å². The summed E-state index contributed by atoms with van der Waals surface area (Å²) in [5.41, 5.74) is 0.942. The molecule has 2 fully saturated rings. The summed E-state index contributed by atoms with van der Waals surface area (Å²) in [5.74, 6) is 1.78. The summed E-state index contributed by atoms with van der Waals surface area (Å²) in [6.45, 7) is 9.78. The van der Waals surface area contributed by atoms with Gasteiger partial charge in [0.15, 0.2) is 5.82 Å². The highest BCUT2D eigenvalue weighted by atomic mass is 16.3. The third-order valence-electron chi connectivity index (χ3n) is 5.22. The van der Waals surface area contributed by atoms with E-state index < -0.39 is 0 Å². The van der Waals surface area contributed by atoms with Crippen LogP contribution in [0.1, 0.15) is 12.1 Å². The van der Waals surface area contributed by atoms with Gasteiger partial charge in [-0.25, -0.2) is 0 Å². The summed E-state index contributed by atoms with van der Waals surface area (Å²) < 4.78 is 0. The third kappa shape index (κ3) is 4.19. The van der Waals surface area contributed by atoms with Crippen molar-refractivity contribution in [2.45, 2.75) is 13.3 Å². The van der Waals surface area contributed by atoms with Crippen LogP contribution in [0.4, 0.5) is 5.82 Å². The zero-order valence-corrected chi connectivity index (χ0v) is 14.4. The Hall–Kier alpha value is -1.24. The first-order valence-corrected chi connectivity index (χ1v) is 8.72. The number of aliphatic hydroxyl groups excluding tert-OH is 1. The highest BCUT2D eigenvalue weighted by molar-refractivity contribution is 5.39. The first-order chi connectivity index (χ1) is 11.2. The number of rotatable bonds is 4. The van der Waals surface area contributed by atoms with Crippen LogP contribution < -0.4 is 4.90 Å². The smallest absolute Gasteiger partial charge is 0.151 e. The van der Waals surface area contributed by atoms with E-state index in [4.69, 9.17) is 0 Å². The van der Waals surface area contributed by atoms with E-state index in [0.717, 1.165) is 44.2 Å². The minimum absolute atomic E-state index is 0.258. The van der Waals surface area contributed by atoms with Crippen LogP contribution in [-0.2, 0) is 0 Å². The lowest BCUT2D eigenvalue weighted by Gasteiger charge is -2.26. The van der Waals surface area contributed by atoms with E-state index in [-0.39, 0.29) is 6.61 Å². The van der Waals surface area contributed by atoms with Gasteiger partial charge in [0.2, 0.25) is 0 Å². The van der Waals surface area contributed by atoms with E-state index in [1.807, 2.05) is 19.1 Å². The van der Waals surface area contributed by atoms with Crippen LogP contribution in [0.2, 0.25) is 0 Å². The average Bonchev–Trinajstić information content (AvgIpc) is 2.84. The molecule has 0 radical (unpaired) electrons. The topological polar surface area (TPSA) is 55.7 Å². The predicted molar refractivity (Wildman–Crippen MR) is 91.6 cm³/mol. The molecule has 3 rings (SSSR count). The normalized spacial score (nSPS) is 27.3. The van der Waals surface area contributed by atoms with Gasteiger partial charge in [0.25, 0.3) is 0 Å². The molecule has 6 heteroatoms. The Morgan fingerprint density at radius 3 is 2.65 bits per heavy atom. The standard InChI is InChI=1S/C17H29N5O/c1-14-4-5-17(19-18-14)22-11-15(16(12-22)13-23)10-21-7-3-6-20(2)8-9-21/h4-5,15-16,23H,3,6-13H2,1-2H3. The molecular weight excluding hydrogens is 290 g/mol. The van der Waals surface area contributed by atoms with Crippen LogP contribution in [0, 0.1) is 18.8 Å². The number of aryl methyl sites for hydroxylation is 1. The fourth-order valence-corrected chi connectivity index (χ4v) is 3.71. The number of hydrogen-bond acceptors (Lipinski definition) is 6. The van der Waals surface area contributed by atoms with Gasteiger partial charge in [-0.15, -0.1) is 5.10 Å². The van der Waals surface area contributed by atoms with Crippen LogP contribution in [-0.4, -0.2) is 84.6 Å². The molecule has 2 atom stereocenters. The molecule has 6 nitrogen and oxygen atoms in total. The van der Waals surface area contributed by atoms with Gasteiger partial charge in [-0.3, -0.25) is 0 Å². The summed E-state index contributed by atoms with van der Waals surface area (Å²) >= 11 is 0. The van der Waals surface area contributed by atoms with E-state index >= 15 is 0 Å². The molecule has 0 aromatic carbocycles. The van der Waals surface area contributed by atoms with Gasteiger partial charge in [0, 0.05) is 45.2 Å². The highest BCUT2D eigenvalue weighted by Crippen LogP contribution is 2.27. The van der Waals surface area contributed by atoms with Crippen molar-refractivity contribution >= 4 is 5.82 Å². The number of likely N-dealkylation sites (N-methyl/N-ethyl adjacent to an activating group) is 1. The SMILES string of the molecule is Cc1ccc(N2CC(CO)C(CN3CCCN(C)CC3)C2)nn1. The lowest BCUT2D eigenvalue weighted by molar-refractivity contribution is 0.165. The fourth-order valence-electron chi connectivity index (χ4n) is 3.71. The van der Waals surface area contributed by atoms with E-state index in [1.54, 1.807) is 0 Å². The Labute approximate surface area is 139 Å². The molecule has 1 aromatic rings. The van der Waals surface area contributed by atoms with Crippen LogP contribution in [0.3, 0.4) is 0 Å². The van der Waals surface area contributed by atoms with Crippen LogP contribution in [0.5, 0.6) is 0 Å². The second-order valence-corrected chi connectivity index (χ2v) is 7.10. The van der Waals surface area contributed by atoms with Gasteiger partial charge >= 0.3 is 0 Å². The fraction of sp³-hybridized carbons (Fsp3) is 0.765. The molecule has 0 saturated carbocycles. The molecule has 0 amide bonds. The maximum Gasteiger partial charge on any atom is 0.151 e. The number of nitrogens with zero attached hydrogens (tertiary/aromatic N) is 5. The zero-order chi connectivity index (χ0) is 16.2.